The first kappa shape index (κ1) is 30.2. The fourth-order valence-corrected chi connectivity index (χ4v) is 9.63. The van der Waals surface area contributed by atoms with Crippen molar-refractivity contribution in [3.63, 3.8) is 0 Å². The number of hydrogen-bond acceptors (Lipinski definition) is 2. The maximum absolute atomic E-state index is 7.06. The van der Waals surface area contributed by atoms with Crippen molar-refractivity contribution in [3.05, 3.63) is 193 Å². The maximum atomic E-state index is 7.06. The largest absolute Gasteiger partial charge is 0.456 e. The van der Waals surface area contributed by atoms with Crippen LogP contribution in [0.2, 0.25) is 0 Å². The number of rotatable bonds is 4. The number of aromatic nitrogens is 2. The molecule has 252 valence electrons. The second-order valence-electron chi connectivity index (χ2n) is 15.1. The average molecular weight is 681 g/mol. The van der Waals surface area contributed by atoms with E-state index in [1.807, 2.05) is 0 Å². The molecule has 11 rings (SSSR count). The van der Waals surface area contributed by atoms with Crippen molar-refractivity contribution >= 4 is 43.7 Å². The molecule has 53 heavy (non-hydrogen) atoms. The summed E-state index contributed by atoms with van der Waals surface area (Å²) < 4.78 is 9.40. The molecule has 0 saturated carbocycles. The molecule has 0 amide bonds. The molecular formula is C50H36N2O. The highest BCUT2D eigenvalue weighted by atomic mass is 16.3. The highest BCUT2D eigenvalue weighted by Gasteiger charge is 2.57. The van der Waals surface area contributed by atoms with E-state index in [9.17, 15) is 0 Å². The molecule has 0 spiro atoms. The van der Waals surface area contributed by atoms with Crippen LogP contribution in [0, 0.1) is 5.41 Å². The van der Waals surface area contributed by atoms with Crippen molar-refractivity contribution in [1.29, 1.82) is 0 Å². The van der Waals surface area contributed by atoms with Crippen LogP contribution in [0.3, 0.4) is 0 Å². The number of hydrogen-bond donors (Lipinski definition) is 0. The maximum Gasteiger partial charge on any atom is 0.139 e. The predicted molar refractivity (Wildman–Crippen MR) is 219 cm³/mol. The highest BCUT2D eigenvalue weighted by molar-refractivity contribution is 6.17. The first-order valence-electron chi connectivity index (χ1n) is 18.5. The molecule has 2 aliphatic rings. The van der Waals surface area contributed by atoms with Crippen molar-refractivity contribution in [1.82, 2.24) is 9.55 Å². The fourth-order valence-electron chi connectivity index (χ4n) is 9.63. The molecule has 9 aromatic rings. The number of furan rings is 1. The van der Waals surface area contributed by atoms with Gasteiger partial charge in [-0.15, -0.1) is 0 Å². The summed E-state index contributed by atoms with van der Waals surface area (Å²) in [6, 6.07) is 54.5. The van der Waals surface area contributed by atoms with Crippen molar-refractivity contribution in [3.8, 4) is 28.2 Å². The van der Waals surface area contributed by atoms with E-state index < -0.39 is 0 Å². The Labute approximate surface area is 308 Å². The van der Waals surface area contributed by atoms with E-state index in [2.05, 4.69) is 194 Å². The summed E-state index contributed by atoms with van der Waals surface area (Å²) in [4.78, 5) is 5.37. The van der Waals surface area contributed by atoms with Crippen molar-refractivity contribution < 1.29 is 4.42 Å². The van der Waals surface area contributed by atoms with Gasteiger partial charge in [-0.3, -0.25) is 4.57 Å². The molecule has 2 aliphatic carbocycles. The van der Waals surface area contributed by atoms with Crippen molar-refractivity contribution in [2.24, 2.45) is 5.41 Å². The van der Waals surface area contributed by atoms with Crippen LogP contribution >= 0.6 is 0 Å². The number of para-hydroxylation sites is 1. The lowest BCUT2D eigenvalue weighted by Crippen LogP contribution is -2.39. The first-order valence-corrected chi connectivity index (χ1v) is 18.5. The SMILES string of the molecule is CC1(c2ccccc2)c2ccc3c(oc4cc5c6ccccc6n(-c6cc(-c7ccccc7)cc(-c7ccccc7)n6)c5cc43)c2C2C=CC=CC21C. The van der Waals surface area contributed by atoms with E-state index in [1.165, 1.54) is 22.1 Å². The average Bonchev–Trinajstić information content (AvgIpc) is 3.81. The summed E-state index contributed by atoms with van der Waals surface area (Å²) in [5.41, 5.74) is 12.0. The van der Waals surface area contributed by atoms with Gasteiger partial charge in [0.1, 0.15) is 17.0 Å². The molecule has 3 nitrogen and oxygen atoms in total. The molecule has 0 N–H and O–H groups in total. The van der Waals surface area contributed by atoms with Crippen LogP contribution in [0.25, 0.3) is 71.9 Å². The molecule has 0 aliphatic heterocycles. The molecule has 0 radical (unpaired) electrons. The molecule has 3 aromatic heterocycles. The quantitative estimate of drug-likeness (QED) is 0.185. The Hall–Kier alpha value is -6.45. The standard InChI is InChI=1S/C50H36N2O/c1-49-27-15-14-23-40(49)47-41(50(49,2)35-20-10-5-11-21-35)26-25-37-39-30-44-38(31-45(39)53-48(37)47)36-22-12-13-24-43(36)52(44)46-29-34(32-16-6-3-7-17-32)28-42(51-46)33-18-8-4-9-19-33/h3-31,40H,1-2H3. The predicted octanol–water partition coefficient (Wildman–Crippen LogP) is 12.9. The van der Waals surface area contributed by atoms with E-state index >= 15 is 0 Å². The van der Waals surface area contributed by atoms with Gasteiger partial charge in [-0.25, -0.2) is 4.98 Å². The van der Waals surface area contributed by atoms with Gasteiger partial charge >= 0.3 is 0 Å². The third-order valence-electron chi connectivity index (χ3n) is 12.5. The van der Waals surface area contributed by atoms with Crippen LogP contribution in [0.15, 0.2) is 180 Å². The number of allylic oxidation sites excluding steroid dienone is 4. The summed E-state index contributed by atoms with van der Waals surface area (Å²) in [5, 5.41) is 4.59. The molecule has 3 heteroatoms. The lowest BCUT2D eigenvalue weighted by molar-refractivity contribution is 0.267. The van der Waals surface area contributed by atoms with Crippen LogP contribution < -0.4 is 0 Å². The van der Waals surface area contributed by atoms with E-state index in [1.54, 1.807) is 0 Å². The fraction of sp³-hybridized carbons (Fsp3) is 0.100. The summed E-state index contributed by atoms with van der Waals surface area (Å²) in [7, 11) is 0. The van der Waals surface area contributed by atoms with E-state index in [4.69, 9.17) is 9.40 Å². The Bertz CT molecular complexity index is 2910. The summed E-state index contributed by atoms with van der Waals surface area (Å²) >= 11 is 0. The zero-order valence-electron chi connectivity index (χ0n) is 29.6. The van der Waals surface area contributed by atoms with Crippen LogP contribution in [0.5, 0.6) is 0 Å². The van der Waals surface area contributed by atoms with Crippen LogP contribution in [0.4, 0.5) is 0 Å². The van der Waals surface area contributed by atoms with Gasteiger partial charge in [0.05, 0.1) is 16.7 Å². The first-order chi connectivity index (χ1) is 26.0. The second-order valence-corrected chi connectivity index (χ2v) is 15.1. The summed E-state index contributed by atoms with van der Waals surface area (Å²) in [6.45, 7) is 4.84. The topological polar surface area (TPSA) is 31.0 Å². The van der Waals surface area contributed by atoms with Gasteiger partial charge in [-0.05, 0) is 52.6 Å². The van der Waals surface area contributed by atoms with Crippen LogP contribution in [0.1, 0.15) is 36.5 Å². The molecule has 6 aromatic carbocycles. The van der Waals surface area contributed by atoms with Gasteiger partial charge in [-0.1, -0.05) is 159 Å². The summed E-state index contributed by atoms with van der Waals surface area (Å²) in [5.74, 6) is 1.07. The monoisotopic (exact) mass is 680 g/mol. The number of pyridine rings is 1. The number of fused-ring (bicyclic) bond motifs is 10. The minimum absolute atomic E-state index is 0.151. The molecule has 0 fully saturated rings. The summed E-state index contributed by atoms with van der Waals surface area (Å²) in [6.07, 6.45) is 9.23. The smallest absolute Gasteiger partial charge is 0.139 e. The van der Waals surface area contributed by atoms with Gasteiger partial charge in [-0.2, -0.15) is 0 Å². The lowest BCUT2D eigenvalue weighted by atomic mass is 9.58. The van der Waals surface area contributed by atoms with Crippen molar-refractivity contribution in [2.45, 2.75) is 25.2 Å². The Morgan fingerprint density at radius 1 is 0.585 bits per heavy atom. The van der Waals surface area contributed by atoms with Crippen LogP contribution in [-0.2, 0) is 5.41 Å². The van der Waals surface area contributed by atoms with E-state index in [-0.39, 0.29) is 16.7 Å². The van der Waals surface area contributed by atoms with E-state index in [0.717, 1.165) is 66.6 Å². The molecule has 0 bridgehead atoms. The third kappa shape index (κ3) is 4.13. The zero-order valence-corrected chi connectivity index (χ0v) is 29.6. The minimum Gasteiger partial charge on any atom is -0.456 e. The molecule has 0 saturated heterocycles. The number of benzene rings is 6. The van der Waals surface area contributed by atoms with Crippen molar-refractivity contribution in [2.75, 3.05) is 0 Å². The second kappa shape index (κ2) is 11.0. The molecule has 3 heterocycles. The normalized spacial score (nSPS) is 20.5. The van der Waals surface area contributed by atoms with Gasteiger partial charge in [0.15, 0.2) is 0 Å². The minimum atomic E-state index is -0.230. The Morgan fingerprint density at radius 3 is 2.09 bits per heavy atom. The third-order valence-corrected chi connectivity index (χ3v) is 12.5. The zero-order chi connectivity index (χ0) is 35.3. The van der Waals surface area contributed by atoms with Gasteiger partial charge < -0.3 is 4.42 Å². The van der Waals surface area contributed by atoms with Gasteiger partial charge in [0, 0.05) is 49.4 Å². The Kier molecular flexibility index (Phi) is 6.28. The van der Waals surface area contributed by atoms with Gasteiger partial charge in [0.2, 0.25) is 0 Å². The Balaban J connectivity index is 1.19. The lowest BCUT2D eigenvalue weighted by Gasteiger charge is -2.44. The van der Waals surface area contributed by atoms with Gasteiger partial charge in [0.25, 0.3) is 0 Å². The molecule has 3 atom stereocenters. The Morgan fingerprint density at radius 2 is 1.30 bits per heavy atom. The number of nitrogens with zero attached hydrogens (tertiary/aromatic N) is 2. The molecular weight excluding hydrogens is 645 g/mol. The highest BCUT2D eigenvalue weighted by Crippen LogP contribution is 2.65. The van der Waals surface area contributed by atoms with Crippen LogP contribution in [-0.4, -0.2) is 9.55 Å². The molecule has 3 unspecified atom stereocenters. The van der Waals surface area contributed by atoms with E-state index in [0.29, 0.717) is 0 Å².